The second kappa shape index (κ2) is 5.96. The van der Waals surface area contributed by atoms with Gasteiger partial charge in [0.1, 0.15) is 5.82 Å². The molecule has 4 nitrogen and oxygen atoms in total. The van der Waals surface area contributed by atoms with Crippen molar-refractivity contribution in [1.29, 1.82) is 0 Å². The van der Waals surface area contributed by atoms with Gasteiger partial charge in [-0.3, -0.25) is 0 Å². The molecule has 0 saturated carbocycles. The SMILES string of the molecule is Cc1csc(CCCNc2nc(C(C)(C)C)ns2)n1. The highest BCUT2D eigenvalue weighted by atomic mass is 32.1. The topological polar surface area (TPSA) is 50.7 Å². The second-order valence-corrected chi connectivity index (χ2v) is 7.28. The molecule has 0 aliphatic carbocycles. The van der Waals surface area contributed by atoms with Crippen molar-refractivity contribution in [2.24, 2.45) is 0 Å². The predicted molar refractivity (Wildman–Crippen MR) is 82.3 cm³/mol. The maximum absolute atomic E-state index is 4.51. The summed E-state index contributed by atoms with van der Waals surface area (Å²) in [6.45, 7) is 9.34. The quantitative estimate of drug-likeness (QED) is 0.856. The maximum atomic E-state index is 4.51. The van der Waals surface area contributed by atoms with Crippen LogP contribution in [-0.4, -0.2) is 20.9 Å². The summed E-state index contributed by atoms with van der Waals surface area (Å²) in [4.78, 5) is 8.97. The summed E-state index contributed by atoms with van der Waals surface area (Å²) in [7, 11) is 0. The first kappa shape index (κ1) is 14.4. The first-order valence-electron chi connectivity index (χ1n) is 6.44. The van der Waals surface area contributed by atoms with Crippen LogP contribution in [0.3, 0.4) is 0 Å². The molecule has 0 aromatic carbocycles. The molecule has 0 bridgehead atoms. The van der Waals surface area contributed by atoms with Crippen LogP contribution in [-0.2, 0) is 11.8 Å². The summed E-state index contributed by atoms with van der Waals surface area (Å²) < 4.78 is 4.39. The third kappa shape index (κ3) is 4.24. The molecule has 0 aliphatic rings. The zero-order chi connectivity index (χ0) is 13.9. The van der Waals surface area contributed by atoms with E-state index in [1.165, 1.54) is 16.5 Å². The molecule has 0 saturated heterocycles. The van der Waals surface area contributed by atoms with E-state index in [4.69, 9.17) is 0 Å². The van der Waals surface area contributed by atoms with Crippen LogP contribution in [0.25, 0.3) is 0 Å². The van der Waals surface area contributed by atoms with Crippen molar-refractivity contribution in [2.45, 2.75) is 46.0 Å². The van der Waals surface area contributed by atoms with Crippen LogP contribution in [0.2, 0.25) is 0 Å². The van der Waals surface area contributed by atoms with E-state index in [2.05, 4.69) is 45.8 Å². The van der Waals surface area contributed by atoms with Gasteiger partial charge in [-0.1, -0.05) is 20.8 Å². The molecular weight excluding hydrogens is 276 g/mol. The van der Waals surface area contributed by atoms with E-state index in [1.807, 2.05) is 6.92 Å². The molecular formula is C13H20N4S2. The average Bonchev–Trinajstić information content (AvgIpc) is 2.93. The smallest absolute Gasteiger partial charge is 0.202 e. The maximum Gasteiger partial charge on any atom is 0.202 e. The first-order valence-corrected chi connectivity index (χ1v) is 8.09. The molecule has 2 aromatic heterocycles. The fourth-order valence-corrected chi connectivity index (χ4v) is 3.15. The Bertz CT molecular complexity index is 525. The lowest BCUT2D eigenvalue weighted by atomic mass is 9.96. The van der Waals surface area contributed by atoms with Gasteiger partial charge >= 0.3 is 0 Å². The third-order valence-electron chi connectivity index (χ3n) is 2.61. The molecule has 0 unspecified atom stereocenters. The summed E-state index contributed by atoms with van der Waals surface area (Å²) in [6.07, 6.45) is 2.09. The van der Waals surface area contributed by atoms with Crippen molar-refractivity contribution in [2.75, 3.05) is 11.9 Å². The van der Waals surface area contributed by atoms with Gasteiger partial charge in [0.05, 0.1) is 5.01 Å². The van der Waals surface area contributed by atoms with E-state index in [-0.39, 0.29) is 5.41 Å². The Kier molecular flexibility index (Phi) is 4.52. The molecule has 0 fully saturated rings. The highest BCUT2D eigenvalue weighted by molar-refractivity contribution is 7.09. The van der Waals surface area contributed by atoms with Crippen molar-refractivity contribution in [1.82, 2.24) is 14.3 Å². The third-order valence-corrected chi connectivity index (χ3v) is 4.31. The van der Waals surface area contributed by atoms with Crippen LogP contribution in [0.1, 0.15) is 43.7 Å². The van der Waals surface area contributed by atoms with Gasteiger partial charge in [-0.25, -0.2) is 9.97 Å². The van der Waals surface area contributed by atoms with Crippen molar-refractivity contribution in [3.8, 4) is 0 Å². The van der Waals surface area contributed by atoms with Crippen molar-refractivity contribution >= 4 is 28.0 Å². The van der Waals surface area contributed by atoms with Crippen LogP contribution in [0.4, 0.5) is 5.13 Å². The van der Waals surface area contributed by atoms with E-state index in [0.717, 1.165) is 36.0 Å². The molecule has 0 atom stereocenters. The highest BCUT2D eigenvalue weighted by Gasteiger charge is 2.19. The summed E-state index contributed by atoms with van der Waals surface area (Å²) in [5.41, 5.74) is 1.14. The Balaban J connectivity index is 1.75. The zero-order valence-electron chi connectivity index (χ0n) is 11.9. The van der Waals surface area contributed by atoms with E-state index in [0.29, 0.717) is 0 Å². The van der Waals surface area contributed by atoms with Crippen LogP contribution < -0.4 is 5.32 Å². The summed E-state index contributed by atoms with van der Waals surface area (Å²) in [5, 5.41) is 7.57. The number of anilines is 1. The molecule has 0 spiro atoms. The molecule has 104 valence electrons. The number of aryl methyl sites for hydroxylation is 2. The Morgan fingerprint density at radius 3 is 2.63 bits per heavy atom. The Labute approximate surface area is 122 Å². The van der Waals surface area contributed by atoms with Gasteiger partial charge in [-0.2, -0.15) is 4.37 Å². The zero-order valence-corrected chi connectivity index (χ0v) is 13.5. The van der Waals surface area contributed by atoms with Crippen LogP contribution >= 0.6 is 22.9 Å². The second-order valence-electron chi connectivity index (χ2n) is 5.59. The molecule has 19 heavy (non-hydrogen) atoms. The Morgan fingerprint density at radius 1 is 1.26 bits per heavy atom. The lowest BCUT2D eigenvalue weighted by Crippen LogP contribution is -2.13. The molecule has 6 heteroatoms. The fourth-order valence-electron chi connectivity index (χ4n) is 1.55. The summed E-state index contributed by atoms with van der Waals surface area (Å²) in [5.74, 6) is 0.913. The van der Waals surface area contributed by atoms with E-state index >= 15 is 0 Å². The van der Waals surface area contributed by atoms with Crippen LogP contribution in [0, 0.1) is 6.92 Å². The lowest BCUT2D eigenvalue weighted by molar-refractivity contribution is 0.555. The van der Waals surface area contributed by atoms with Gasteiger partial charge < -0.3 is 5.32 Å². The van der Waals surface area contributed by atoms with Gasteiger partial charge in [0.15, 0.2) is 0 Å². The predicted octanol–water partition coefficient (Wildman–Crippen LogP) is 3.65. The molecule has 0 radical (unpaired) electrons. The highest BCUT2D eigenvalue weighted by Crippen LogP contribution is 2.22. The minimum Gasteiger partial charge on any atom is -0.360 e. The minimum atomic E-state index is 0.0227. The van der Waals surface area contributed by atoms with Crippen molar-refractivity contribution in [3.05, 3.63) is 21.9 Å². The normalized spacial score (nSPS) is 11.8. The van der Waals surface area contributed by atoms with Gasteiger partial charge in [0, 0.05) is 41.0 Å². The number of aromatic nitrogens is 3. The summed E-state index contributed by atoms with van der Waals surface area (Å²) >= 11 is 3.18. The van der Waals surface area contributed by atoms with Crippen molar-refractivity contribution < 1.29 is 0 Å². The Morgan fingerprint density at radius 2 is 2.05 bits per heavy atom. The number of nitrogens with one attached hydrogen (secondary N) is 1. The van der Waals surface area contributed by atoms with Gasteiger partial charge in [0.25, 0.3) is 0 Å². The number of hydrogen-bond donors (Lipinski definition) is 1. The monoisotopic (exact) mass is 296 g/mol. The lowest BCUT2D eigenvalue weighted by Gasteiger charge is -2.12. The van der Waals surface area contributed by atoms with Crippen LogP contribution in [0.5, 0.6) is 0 Å². The number of thiazole rings is 1. The van der Waals surface area contributed by atoms with Crippen molar-refractivity contribution in [3.63, 3.8) is 0 Å². The number of rotatable bonds is 5. The van der Waals surface area contributed by atoms with Gasteiger partial charge in [-0.05, 0) is 13.3 Å². The fraction of sp³-hybridized carbons (Fsp3) is 0.615. The molecule has 0 aliphatic heterocycles. The standard InChI is InChI=1S/C13H20N4S2/c1-9-8-18-10(15-9)6-5-7-14-12-16-11(17-19-12)13(2,3)4/h8H,5-7H2,1-4H3,(H,14,16,17). The molecule has 1 N–H and O–H groups in total. The molecule has 2 rings (SSSR count). The Hall–Kier alpha value is -1.01. The summed E-state index contributed by atoms with van der Waals surface area (Å²) in [6, 6.07) is 0. The molecule has 2 aromatic rings. The average molecular weight is 296 g/mol. The van der Waals surface area contributed by atoms with E-state index in [9.17, 15) is 0 Å². The number of nitrogens with zero attached hydrogens (tertiary/aromatic N) is 3. The minimum absolute atomic E-state index is 0.0227. The van der Waals surface area contributed by atoms with E-state index < -0.39 is 0 Å². The van der Waals surface area contributed by atoms with Crippen LogP contribution in [0.15, 0.2) is 5.38 Å². The first-order chi connectivity index (χ1) is 8.95. The number of hydrogen-bond acceptors (Lipinski definition) is 6. The molecule has 0 amide bonds. The van der Waals surface area contributed by atoms with Gasteiger partial charge in [0.2, 0.25) is 5.13 Å². The largest absolute Gasteiger partial charge is 0.360 e. The molecule has 2 heterocycles. The van der Waals surface area contributed by atoms with E-state index in [1.54, 1.807) is 11.3 Å². The van der Waals surface area contributed by atoms with Gasteiger partial charge in [-0.15, -0.1) is 11.3 Å².